The second kappa shape index (κ2) is 6.31. The van der Waals surface area contributed by atoms with Crippen LogP contribution in [0.15, 0.2) is 18.2 Å². The lowest BCUT2D eigenvalue weighted by atomic mass is 9.92. The van der Waals surface area contributed by atoms with Crippen LogP contribution < -0.4 is 0 Å². The topological polar surface area (TPSA) is 0 Å². The van der Waals surface area contributed by atoms with Crippen molar-refractivity contribution in [1.82, 2.24) is 0 Å². The highest BCUT2D eigenvalue weighted by atomic mass is 35.5. The van der Waals surface area contributed by atoms with Gasteiger partial charge in [-0.05, 0) is 36.8 Å². The summed E-state index contributed by atoms with van der Waals surface area (Å²) in [6.07, 6.45) is 7.14. The van der Waals surface area contributed by atoms with Crippen LogP contribution in [0, 0.1) is 5.92 Å². The Morgan fingerprint density at radius 1 is 1.06 bits per heavy atom. The van der Waals surface area contributed by atoms with Crippen LogP contribution >= 0.6 is 34.8 Å². The Bertz CT molecular complexity index is 376. The molecule has 0 aromatic heterocycles. The van der Waals surface area contributed by atoms with Gasteiger partial charge in [0.2, 0.25) is 0 Å². The van der Waals surface area contributed by atoms with Crippen LogP contribution in [-0.2, 0) is 6.42 Å². The first kappa shape index (κ1) is 13.5. The zero-order valence-corrected chi connectivity index (χ0v) is 12.0. The highest BCUT2D eigenvalue weighted by Crippen LogP contribution is 2.33. The lowest BCUT2D eigenvalue weighted by molar-refractivity contribution is 0.465. The maximum absolute atomic E-state index is 6.45. The van der Waals surface area contributed by atoms with E-state index in [2.05, 4.69) is 6.07 Å². The Morgan fingerprint density at radius 3 is 2.65 bits per heavy atom. The molecule has 1 fully saturated rings. The minimum absolute atomic E-state index is 0.285. The van der Waals surface area contributed by atoms with Crippen LogP contribution in [0.5, 0.6) is 0 Å². The average molecular weight is 292 g/mol. The smallest absolute Gasteiger partial charge is 0.0624 e. The summed E-state index contributed by atoms with van der Waals surface area (Å²) in [5.41, 5.74) is 1.14. The van der Waals surface area contributed by atoms with E-state index in [1.54, 1.807) is 0 Å². The van der Waals surface area contributed by atoms with Gasteiger partial charge in [-0.15, -0.1) is 11.6 Å². The van der Waals surface area contributed by atoms with E-state index in [0.29, 0.717) is 16.0 Å². The fourth-order valence-electron chi connectivity index (χ4n) is 2.56. The third kappa shape index (κ3) is 3.53. The van der Waals surface area contributed by atoms with E-state index in [9.17, 15) is 0 Å². The van der Waals surface area contributed by atoms with Crippen molar-refractivity contribution in [2.75, 3.05) is 0 Å². The predicted molar refractivity (Wildman–Crippen MR) is 76.4 cm³/mol. The zero-order valence-electron chi connectivity index (χ0n) is 9.76. The first-order chi connectivity index (χ1) is 8.18. The molecule has 1 aliphatic carbocycles. The quantitative estimate of drug-likeness (QED) is 0.482. The minimum atomic E-state index is 0.285. The molecule has 0 N–H and O–H groups in total. The van der Waals surface area contributed by atoms with Crippen molar-refractivity contribution in [3.05, 3.63) is 33.8 Å². The second-order valence-electron chi connectivity index (χ2n) is 4.83. The van der Waals surface area contributed by atoms with Gasteiger partial charge in [0.15, 0.2) is 0 Å². The predicted octanol–water partition coefficient (Wildman–Crippen LogP) is 5.72. The number of rotatable bonds is 2. The minimum Gasteiger partial charge on any atom is -0.123 e. The van der Waals surface area contributed by atoms with Crippen molar-refractivity contribution in [2.45, 2.75) is 43.9 Å². The van der Waals surface area contributed by atoms with Crippen LogP contribution in [0.3, 0.4) is 0 Å². The van der Waals surface area contributed by atoms with E-state index in [1.807, 2.05) is 12.1 Å². The summed E-state index contributed by atoms with van der Waals surface area (Å²) in [4.78, 5) is 0. The maximum Gasteiger partial charge on any atom is 0.0624 e. The second-order valence-corrected chi connectivity index (χ2v) is 6.18. The Morgan fingerprint density at radius 2 is 1.82 bits per heavy atom. The molecular formula is C14H17Cl3. The summed E-state index contributed by atoms with van der Waals surface area (Å²) in [5, 5.41) is 1.62. The van der Waals surface area contributed by atoms with Crippen LogP contribution in [0.4, 0.5) is 0 Å². The molecule has 2 atom stereocenters. The number of benzene rings is 1. The van der Waals surface area contributed by atoms with Gasteiger partial charge in [-0.1, -0.05) is 54.6 Å². The van der Waals surface area contributed by atoms with Crippen molar-refractivity contribution in [1.29, 1.82) is 0 Å². The van der Waals surface area contributed by atoms with Crippen LogP contribution in [0.25, 0.3) is 0 Å². The molecule has 0 nitrogen and oxygen atoms in total. The molecule has 1 aromatic carbocycles. The largest absolute Gasteiger partial charge is 0.123 e. The van der Waals surface area contributed by atoms with E-state index >= 15 is 0 Å². The summed E-state index contributed by atoms with van der Waals surface area (Å²) < 4.78 is 0. The van der Waals surface area contributed by atoms with Gasteiger partial charge < -0.3 is 0 Å². The van der Waals surface area contributed by atoms with Crippen molar-refractivity contribution in [2.24, 2.45) is 5.92 Å². The molecule has 0 amide bonds. The van der Waals surface area contributed by atoms with Crippen LogP contribution in [-0.4, -0.2) is 5.38 Å². The van der Waals surface area contributed by atoms with E-state index in [4.69, 9.17) is 34.8 Å². The molecule has 2 rings (SSSR count). The van der Waals surface area contributed by atoms with E-state index in [-0.39, 0.29) is 5.38 Å². The van der Waals surface area contributed by atoms with Gasteiger partial charge in [0.1, 0.15) is 0 Å². The van der Waals surface area contributed by atoms with Gasteiger partial charge in [-0.25, -0.2) is 0 Å². The van der Waals surface area contributed by atoms with Gasteiger partial charge in [0.05, 0.1) is 10.0 Å². The van der Waals surface area contributed by atoms with Gasteiger partial charge >= 0.3 is 0 Å². The summed E-state index contributed by atoms with van der Waals surface area (Å²) >= 11 is 18.7. The van der Waals surface area contributed by atoms with Crippen LogP contribution in [0.1, 0.15) is 37.7 Å². The molecule has 0 bridgehead atoms. The highest BCUT2D eigenvalue weighted by molar-refractivity contribution is 6.42. The fourth-order valence-corrected chi connectivity index (χ4v) is 3.32. The van der Waals surface area contributed by atoms with Crippen molar-refractivity contribution >= 4 is 34.8 Å². The van der Waals surface area contributed by atoms with Gasteiger partial charge in [0, 0.05) is 5.38 Å². The Hall–Kier alpha value is 0.0900. The monoisotopic (exact) mass is 290 g/mol. The fraction of sp³-hybridized carbons (Fsp3) is 0.571. The normalized spacial score (nSPS) is 25.6. The summed E-state index contributed by atoms with van der Waals surface area (Å²) in [6, 6.07) is 5.85. The average Bonchev–Trinajstić information content (AvgIpc) is 2.51. The van der Waals surface area contributed by atoms with E-state index in [0.717, 1.165) is 18.4 Å². The molecule has 0 saturated heterocycles. The van der Waals surface area contributed by atoms with Gasteiger partial charge in [-0.2, -0.15) is 0 Å². The molecule has 94 valence electrons. The number of hydrogen-bond acceptors (Lipinski definition) is 0. The number of hydrogen-bond donors (Lipinski definition) is 0. The molecule has 2 unspecified atom stereocenters. The lowest BCUT2D eigenvalue weighted by Crippen LogP contribution is -2.16. The van der Waals surface area contributed by atoms with Crippen LogP contribution in [0.2, 0.25) is 10.0 Å². The first-order valence-electron chi connectivity index (χ1n) is 6.25. The lowest BCUT2D eigenvalue weighted by Gasteiger charge is -2.20. The molecule has 0 spiro atoms. The summed E-state index contributed by atoms with van der Waals surface area (Å²) in [7, 11) is 0. The first-order valence-corrected chi connectivity index (χ1v) is 7.44. The maximum atomic E-state index is 6.45. The molecule has 0 heterocycles. The van der Waals surface area contributed by atoms with Gasteiger partial charge in [0.25, 0.3) is 0 Å². The SMILES string of the molecule is Clc1cccc(CC2CCCCCC2Cl)c1Cl. The molecule has 3 heteroatoms. The molecule has 1 saturated carbocycles. The molecule has 0 radical (unpaired) electrons. The Labute approximate surface area is 118 Å². The Balaban J connectivity index is 2.10. The number of halogens is 3. The summed E-state index contributed by atoms with van der Waals surface area (Å²) in [5.74, 6) is 0.537. The molecular weight excluding hydrogens is 275 g/mol. The Kier molecular flexibility index (Phi) is 5.02. The number of alkyl halides is 1. The standard InChI is InChI=1S/C14H17Cl3/c15-12-7-3-1-2-5-10(12)9-11-6-4-8-13(16)14(11)17/h4,6,8,10,12H,1-3,5,7,9H2. The molecule has 1 aliphatic rings. The van der Waals surface area contributed by atoms with Gasteiger partial charge in [-0.3, -0.25) is 0 Å². The van der Waals surface area contributed by atoms with Crippen molar-refractivity contribution < 1.29 is 0 Å². The third-order valence-electron chi connectivity index (χ3n) is 3.58. The van der Waals surface area contributed by atoms with Crippen molar-refractivity contribution in [3.63, 3.8) is 0 Å². The zero-order chi connectivity index (χ0) is 12.3. The van der Waals surface area contributed by atoms with Crippen molar-refractivity contribution in [3.8, 4) is 0 Å². The highest BCUT2D eigenvalue weighted by Gasteiger charge is 2.22. The summed E-state index contributed by atoms with van der Waals surface area (Å²) in [6.45, 7) is 0. The molecule has 17 heavy (non-hydrogen) atoms. The molecule has 0 aliphatic heterocycles. The third-order valence-corrected chi connectivity index (χ3v) is 5.01. The van der Waals surface area contributed by atoms with E-state index < -0.39 is 0 Å². The van der Waals surface area contributed by atoms with E-state index in [1.165, 1.54) is 25.7 Å². The molecule has 1 aromatic rings.